The third-order valence-electron chi connectivity index (χ3n) is 4.77. The molecule has 0 unspecified atom stereocenters. The molecule has 154 valence electrons. The van der Waals surface area contributed by atoms with Crippen molar-refractivity contribution >= 4 is 17.5 Å². The largest absolute Gasteiger partial charge is 0.350 e. The Balaban J connectivity index is 1.65. The summed E-state index contributed by atoms with van der Waals surface area (Å²) in [5.41, 5.74) is 4.50. The molecule has 2 amide bonds. The smallest absolute Gasteiger partial charge is 0.276 e. The van der Waals surface area contributed by atoms with Crippen molar-refractivity contribution in [3.63, 3.8) is 0 Å². The van der Waals surface area contributed by atoms with Gasteiger partial charge in [0.2, 0.25) is 5.91 Å². The number of carbonyl (C=O) groups excluding carboxylic acids is 2. The Labute approximate surface area is 174 Å². The number of hydrogen-bond acceptors (Lipinski definition) is 4. The van der Waals surface area contributed by atoms with Gasteiger partial charge in [0.1, 0.15) is 12.2 Å². The molecule has 0 aliphatic carbocycles. The number of benzene rings is 2. The molecule has 1 heterocycles. The molecular formula is C23H24N4O3. The number of aromatic nitrogens is 2. The number of hydrogen-bond donors (Lipinski definition) is 2. The van der Waals surface area contributed by atoms with E-state index in [-0.39, 0.29) is 18.1 Å². The molecular weight excluding hydrogens is 380 g/mol. The Morgan fingerprint density at radius 2 is 1.67 bits per heavy atom. The maximum Gasteiger partial charge on any atom is 0.276 e. The molecule has 1 aromatic heterocycles. The van der Waals surface area contributed by atoms with E-state index in [1.165, 1.54) is 12.1 Å². The van der Waals surface area contributed by atoms with E-state index in [9.17, 15) is 14.4 Å². The first-order valence-corrected chi connectivity index (χ1v) is 9.61. The van der Waals surface area contributed by atoms with Crippen LogP contribution in [0.25, 0.3) is 0 Å². The minimum atomic E-state index is -0.455. The Bertz CT molecular complexity index is 1130. The van der Waals surface area contributed by atoms with Gasteiger partial charge in [0.05, 0.1) is 0 Å². The van der Waals surface area contributed by atoms with E-state index in [0.717, 1.165) is 26.9 Å². The molecule has 0 spiro atoms. The Kier molecular flexibility index (Phi) is 6.41. The highest BCUT2D eigenvalue weighted by Gasteiger charge is 2.12. The first kappa shape index (κ1) is 21.0. The molecule has 7 nitrogen and oxygen atoms in total. The minimum absolute atomic E-state index is 0.0548. The van der Waals surface area contributed by atoms with Gasteiger partial charge < -0.3 is 10.6 Å². The normalized spacial score (nSPS) is 10.5. The van der Waals surface area contributed by atoms with Crippen LogP contribution in [0, 0.1) is 20.8 Å². The van der Waals surface area contributed by atoms with Crippen molar-refractivity contribution in [3.05, 3.63) is 92.9 Å². The number of anilines is 1. The van der Waals surface area contributed by atoms with Gasteiger partial charge in [-0.25, -0.2) is 4.68 Å². The summed E-state index contributed by atoms with van der Waals surface area (Å²) in [6.45, 7) is 6.01. The van der Waals surface area contributed by atoms with Crippen LogP contribution in [0.2, 0.25) is 0 Å². The fourth-order valence-corrected chi connectivity index (χ4v) is 2.80. The van der Waals surface area contributed by atoms with Crippen molar-refractivity contribution in [1.29, 1.82) is 0 Å². The highest BCUT2D eigenvalue weighted by molar-refractivity contribution is 6.02. The van der Waals surface area contributed by atoms with Crippen molar-refractivity contribution in [1.82, 2.24) is 15.1 Å². The predicted molar refractivity (Wildman–Crippen MR) is 115 cm³/mol. The second-order valence-electron chi connectivity index (χ2n) is 7.23. The van der Waals surface area contributed by atoms with Crippen molar-refractivity contribution in [2.45, 2.75) is 33.9 Å². The predicted octanol–water partition coefficient (Wildman–Crippen LogP) is 2.74. The van der Waals surface area contributed by atoms with Gasteiger partial charge in [0.15, 0.2) is 0 Å². The standard InChI is InChI=1S/C23H24N4O3/c1-15-4-7-18(8-5-15)13-24-21(28)14-27-22(29)11-10-20(26-27)23(30)25-19-9-6-16(2)17(3)12-19/h4-12H,13-14H2,1-3H3,(H,24,28)(H,25,30). The summed E-state index contributed by atoms with van der Waals surface area (Å²) in [6, 6.07) is 15.9. The van der Waals surface area contributed by atoms with Gasteiger partial charge in [-0.1, -0.05) is 35.9 Å². The van der Waals surface area contributed by atoms with Crippen LogP contribution in [-0.4, -0.2) is 21.6 Å². The fraction of sp³-hybridized carbons (Fsp3) is 0.217. The highest BCUT2D eigenvalue weighted by atomic mass is 16.2. The molecule has 2 aromatic carbocycles. The van der Waals surface area contributed by atoms with Gasteiger partial charge >= 0.3 is 0 Å². The lowest BCUT2D eigenvalue weighted by Crippen LogP contribution is -2.34. The molecule has 0 bridgehead atoms. The van der Waals surface area contributed by atoms with E-state index in [4.69, 9.17) is 0 Å². The number of amides is 2. The number of nitrogens with zero attached hydrogens (tertiary/aromatic N) is 2. The van der Waals surface area contributed by atoms with E-state index >= 15 is 0 Å². The molecule has 0 atom stereocenters. The molecule has 7 heteroatoms. The van der Waals surface area contributed by atoms with Gasteiger partial charge in [0.25, 0.3) is 11.5 Å². The molecule has 30 heavy (non-hydrogen) atoms. The number of rotatable bonds is 6. The summed E-state index contributed by atoms with van der Waals surface area (Å²) >= 11 is 0. The molecule has 0 saturated carbocycles. The van der Waals surface area contributed by atoms with E-state index in [1.54, 1.807) is 6.07 Å². The molecule has 0 radical (unpaired) electrons. The first-order valence-electron chi connectivity index (χ1n) is 9.61. The SMILES string of the molecule is Cc1ccc(CNC(=O)Cn2nc(C(=O)Nc3ccc(C)c(C)c3)ccc2=O)cc1. The molecule has 0 saturated heterocycles. The number of nitrogens with one attached hydrogen (secondary N) is 2. The zero-order valence-corrected chi connectivity index (χ0v) is 17.2. The van der Waals surface area contributed by atoms with Crippen LogP contribution < -0.4 is 16.2 Å². The summed E-state index contributed by atoms with van der Waals surface area (Å²) in [7, 11) is 0. The lowest BCUT2D eigenvalue weighted by Gasteiger charge is -2.10. The van der Waals surface area contributed by atoms with E-state index < -0.39 is 11.5 Å². The fourth-order valence-electron chi connectivity index (χ4n) is 2.80. The van der Waals surface area contributed by atoms with Crippen LogP contribution >= 0.6 is 0 Å². The zero-order valence-electron chi connectivity index (χ0n) is 17.2. The molecule has 0 fully saturated rings. The molecule has 0 aliphatic rings. The second kappa shape index (κ2) is 9.17. The summed E-state index contributed by atoms with van der Waals surface area (Å²) in [5.74, 6) is -0.816. The van der Waals surface area contributed by atoms with Gasteiger partial charge in [0, 0.05) is 18.3 Å². The van der Waals surface area contributed by atoms with Gasteiger partial charge in [-0.3, -0.25) is 14.4 Å². The summed E-state index contributed by atoms with van der Waals surface area (Å²) in [5, 5.41) is 9.56. The van der Waals surface area contributed by atoms with Crippen LogP contribution in [0.3, 0.4) is 0 Å². The van der Waals surface area contributed by atoms with E-state index in [1.807, 2.05) is 57.2 Å². The van der Waals surface area contributed by atoms with Crippen LogP contribution in [-0.2, 0) is 17.9 Å². The summed E-state index contributed by atoms with van der Waals surface area (Å²) in [6.07, 6.45) is 0. The zero-order chi connectivity index (χ0) is 21.7. The van der Waals surface area contributed by atoms with Crippen LogP contribution in [0.1, 0.15) is 32.7 Å². The molecule has 0 aliphatic heterocycles. The molecule has 3 aromatic rings. The Morgan fingerprint density at radius 3 is 2.37 bits per heavy atom. The van der Waals surface area contributed by atoms with Gasteiger partial charge in [-0.05, 0) is 55.7 Å². The lowest BCUT2D eigenvalue weighted by molar-refractivity contribution is -0.122. The topological polar surface area (TPSA) is 93.1 Å². The first-order chi connectivity index (χ1) is 14.3. The third-order valence-corrected chi connectivity index (χ3v) is 4.77. The highest BCUT2D eigenvalue weighted by Crippen LogP contribution is 2.14. The maximum absolute atomic E-state index is 12.5. The van der Waals surface area contributed by atoms with Crippen LogP contribution in [0.15, 0.2) is 59.4 Å². The quantitative estimate of drug-likeness (QED) is 0.661. The van der Waals surface area contributed by atoms with Crippen molar-refractivity contribution in [2.24, 2.45) is 0 Å². The second-order valence-corrected chi connectivity index (χ2v) is 7.23. The number of carbonyl (C=O) groups is 2. The maximum atomic E-state index is 12.5. The van der Waals surface area contributed by atoms with E-state index in [0.29, 0.717) is 12.2 Å². The molecule has 2 N–H and O–H groups in total. The van der Waals surface area contributed by atoms with Gasteiger partial charge in [-0.15, -0.1) is 0 Å². The van der Waals surface area contributed by atoms with E-state index in [2.05, 4.69) is 15.7 Å². The van der Waals surface area contributed by atoms with Crippen LogP contribution in [0.4, 0.5) is 5.69 Å². The Hall–Kier alpha value is -3.74. The summed E-state index contributed by atoms with van der Waals surface area (Å²) in [4.78, 5) is 36.8. The average Bonchev–Trinajstić information content (AvgIpc) is 2.72. The van der Waals surface area contributed by atoms with Crippen molar-refractivity contribution in [3.8, 4) is 0 Å². The third kappa shape index (κ3) is 5.41. The number of aryl methyl sites for hydroxylation is 3. The van der Waals surface area contributed by atoms with Crippen molar-refractivity contribution in [2.75, 3.05) is 5.32 Å². The minimum Gasteiger partial charge on any atom is -0.350 e. The van der Waals surface area contributed by atoms with Crippen LogP contribution in [0.5, 0.6) is 0 Å². The monoisotopic (exact) mass is 404 g/mol. The average molecular weight is 404 g/mol. The Morgan fingerprint density at radius 1 is 0.933 bits per heavy atom. The van der Waals surface area contributed by atoms with Gasteiger partial charge in [-0.2, -0.15) is 5.10 Å². The molecule has 3 rings (SSSR count). The van der Waals surface area contributed by atoms with Crippen molar-refractivity contribution < 1.29 is 9.59 Å². The summed E-state index contributed by atoms with van der Waals surface area (Å²) < 4.78 is 0.986. The lowest BCUT2D eigenvalue weighted by atomic mass is 10.1.